The Hall–Kier alpha value is 0.177. The van der Waals surface area contributed by atoms with E-state index in [9.17, 15) is 0 Å². The maximum atomic E-state index is 5.65. The lowest BCUT2D eigenvalue weighted by atomic mass is 9.70. The van der Waals surface area contributed by atoms with Crippen LogP contribution >= 0.6 is 0 Å². The van der Waals surface area contributed by atoms with Gasteiger partial charge < -0.3 is 4.43 Å². The van der Waals surface area contributed by atoms with Crippen molar-refractivity contribution in [1.29, 1.82) is 0 Å². The Morgan fingerprint density at radius 1 is 0.812 bits per heavy atom. The smallest absolute Gasteiger partial charge is 0.145 e. The molecule has 0 bridgehead atoms. The van der Waals surface area contributed by atoms with Crippen LogP contribution in [0.3, 0.4) is 0 Å². The van der Waals surface area contributed by atoms with Gasteiger partial charge in [0.15, 0.2) is 0 Å². The molecule has 0 fully saturated rings. The first kappa shape index (κ1) is 16.2. The van der Waals surface area contributed by atoms with Gasteiger partial charge >= 0.3 is 0 Å². The van der Waals surface area contributed by atoms with E-state index < -0.39 is 0 Å². The largest absolute Gasteiger partial charge is 0.427 e. The summed E-state index contributed by atoms with van der Waals surface area (Å²) in [6, 6.07) is 0. The summed E-state index contributed by atoms with van der Waals surface area (Å²) in [6.45, 7) is 15.0. The quantitative estimate of drug-likeness (QED) is 0.595. The van der Waals surface area contributed by atoms with Gasteiger partial charge in [-0.1, -0.05) is 41.5 Å². The van der Waals surface area contributed by atoms with Gasteiger partial charge in [0, 0.05) is 6.61 Å². The molecule has 0 atom stereocenters. The topological polar surface area (TPSA) is 9.23 Å². The van der Waals surface area contributed by atoms with Crippen LogP contribution in [-0.4, -0.2) is 17.1 Å². The summed E-state index contributed by atoms with van der Waals surface area (Å²) in [5, 5.41) is 0. The molecule has 0 aromatic heterocycles. The fraction of sp³-hybridized carbons (Fsp3) is 1.00. The third-order valence-electron chi connectivity index (χ3n) is 2.97. The average Bonchev–Trinajstić information content (AvgIpc) is 1.98. The van der Waals surface area contributed by atoms with Crippen molar-refractivity contribution < 1.29 is 4.43 Å². The molecule has 98 valence electrons. The lowest BCUT2D eigenvalue weighted by molar-refractivity contribution is 0.0743. The third kappa shape index (κ3) is 6.69. The number of hydrogen-bond acceptors (Lipinski definition) is 1. The van der Waals surface area contributed by atoms with Crippen molar-refractivity contribution in [1.82, 2.24) is 0 Å². The van der Waals surface area contributed by atoms with E-state index >= 15 is 0 Å². The summed E-state index contributed by atoms with van der Waals surface area (Å²) < 4.78 is 5.65. The molecule has 0 heterocycles. The highest BCUT2D eigenvalue weighted by Gasteiger charge is 2.32. The van der Waals surface area contributed by atoms with Crippen molar-refractivity contribution >= 4 is 10.5 Å². The summed E-state index contributed by atoms with van der Waals surface area (Å²) in [4.78, 5) is 0. The molecule has 0 unspecified atom stereocenters. The molecule has 0 radical (unpaired) electrons. The van der Waals surface area contributed by atoms with Crippen LogP contribution in [0.1, 0.15) is 60.8 Å². The normalized spacial score (nSPS) is 13.3. The summed E-state index contributed by atoms with van der Waals surface area (Å²) >= 11 is 0. The highest BCUT2D eigenvalue weighted by Crippen LogP contribution is 2.39. The fourth-order valence-corrected chi connectivity index (χ4v) is 3.94. The van der Waals surface area contributed by atoms with Crippen LogP contribution in [0.25, 0.3) is 0 Å². The van der Waals surface area contributed by atoms with E-state index in [2.05, 4.69) is 41.5 Å². The molecule has 0 aromatic carbocycles. The van der Waals surface area contributed by atoms with E-state index in [1.54, 1.807) is 0 Å². The van der Waals surface area contributed by atoms with Crippen molar-refractivity contribution in [3.63, 3.8) is 0 Å². The Balaban J connectivity index is 4.72. The van der Waals surface area contributed by atoms with Gasteiger partial charge in [-0.2, -0.15) is 0 Å². The number of hydrogen-bond donors (Lipinski definition) is 0. The van der Waals surface area contributed by atoms with E-state index in [1.807, 2.05) is 0 Å². The molecule has 0 aliphatic rings. The number of rotatable bonds is 8. The lowest BCUT2D eigenvalue weighted by Gasteiger charge is -2.38. The highest BCUT2D eigenvalue weighted by molar-refractivity contribution is 5.97. The summed E-state index contributed by atoms with van der Waals surface area (Å²) in [5.41, 5.74) is 0.429. The van der Waals surface area contributed by atoms with Gasteiger partial charge in [-0.05, 0) is 42.4 Å². The lowest BCUT2D eigenvalue weighted by Crippen LogP contribution is -2.32. The van der Waals surface area contributed by atoms with Gasteiger partial charge in [0.1, 0.15) is 10.5 Å². The van der Waals surface area contributed by atoms with Crippen LogP contribution in [0.4, 0.5) is 0 Å². The van der Waals surface area contributed by atoms with Gasteiger partial charge in [0.25, 0.3) is 0 Å². The summed E-state index contributed by atoms with van der Waals surface area (Å²) in [7, 11) is 0.871. The average molecular weight is 244 g/mol. The van der Waals surface area contributed by atoms with E-state index in [1.165, 1.54) is 19.3 Å². The summed E-state index contributed by atoms with van der Waals surface area (Å²) in [5.74, 6) is 2.32. The van der Waals surface area contributed by atoms with Crippen LogP contribution in [0.15, 0.2) is 0 Å². The molecule has 0 amide bonds. The highest BCUT2D eigenvalue weighted by atomic mass is 28.2. The van der Waals surface area contributed by atoms with Crippen molar-refractivity contribution in [2.45, 2.75) is 60.8 Å². The first-order valence-corrected chi connectivity index (χ1v) is 7.62. The minimum absolute atomic E-state index is 0.429. The molecule has 0 saturated heterocycles. The monoisotopic (exact) mass is 244 g/mol. The molecule has 0 spiro atoms. The Morgan fingerprint density at radius 2 is 1.12 bits per heavy atom. The van der Waals surface area contributed by atoms with Gasteiger partial charge in [-0.15, -0.1) is 0 Å². The Bertz CT molecular complexity index is 149. The van der Waals surface area contributed by atoms with Gasteiger partial charge in [0.05, 0.1) is 0 Å². The molecule has 16 heavy (non-hydrogen) atoms. The molecule has 2 heteroatoms. The van der Waals surface area contributed by atoms with Crippen LogP contribution in [0.2, 0.25) is 0 Å². The Kier molecular flexibility index (Phi) is 7.58. The van der Waals surface area contributed by atoms with Crippen molar-refractivity contribution in [2.24, 2.45) is 23.2 Å². The van der Waals surface area contributed by atoms with Crippen LogP contribution in [-0.2, 0) is 4.43 Å². The van der Waals surface area contributed by atoms with E-state index in [4.69, 9.17) is 4.43 Å². The zero-order valence-corrected chi connectivity index (χ0v) is 14.5. The van der Waals surface area contributed by atoms with Gasteiger partial charge in [-0.3, -0.25) is 0 Å². The molecule has 0 aromatic rings. The van der Waals surface area contributed by atoms with Gasteiger partial charge in [-0.25, -0.2) is 0 Å². The first-order valence-electron chi connectivity index (χ1n) is 6.80. The minimum atomic E-state index is 0.429. The van der Waals surface area contributed by atoms with Crippen LogP contribution < -0.4 is 0 Å². The van der Waals surface area contributed by atoms with E-state index in [0.717, 1.165) is 34.8 Å². The summed E-state index contributed by atoms with van der Waals surface area (Å²) in [6.07, 6.45) is 3.93. The third-order valence-corrected chi connectivity index (χ3v) is 3.26. The predicted molar refractivity (Wildman–Crippen MR) is 76.7 cm³/mol. The maximum Gasteiger partial charge on any atom is 0.145 e. The molecular formula is C14H32OSi. The van der Waals surface area contributed by atoms with Crippen LogP contribution in [0.5, 0.6) is 0 Å². The van der Waals surface area contributed by atoms with Crippen molar-refractivity contribution in [3.05, 3.63) is 0 Å². The molecule has 0 aliphatic heterocycles. The Labute approximate surface area is 106 Å². The van der Waals surface area contributed by atoms with E-state index in [-0.39, 0.29) is 0 Å². The zero-order valence-electron chi connectivity index (χ0n) is 12.5. The minimum Gasteiger partial charge on any atom is -0.427 e. The molecule has 1 nitrogen and oxygen atoms in total. The molecule has 0 saturated carbocycles. The van der Waals surface area contributed by atoms with E-state index in [0.29, 0.717) is 5.41 Å². The zero-order chi connectivity index (χ0) is 12.8. The second kappa shape index (κ2) is 7.49. The maximum absolute atomic E-state index is 5.65. The molecule has 0 rings (SSSR count). The predicted octanol–water partition coefficient (Wildman–Crippen LogP) is 3.41. The SMILES string of the molecule is CC(C)CC(CO[SiH3])(CC(C)C)CC(C)C. The van der Waals surface area contributed by atoms with Gasteiger partial charge in [0.2, 0.25) is 0 Å². The van der Waals surface area contributed by atoms with Crippen LogP contribution in [0, 0.1) is 23.2 Å². The first-order chi connectivity index (χ1) is 7.31. The molecule has 0 N–H and O–H groups in total. The Morgan fingerprint density at radius 3 is 1.31 bits per heavy atom. The second-order valence-corrected chi connectivity index (χ2v) is 7.30. The second-order valence-electron chi connectivity index (χ2n) is 6.73. The molecular weight excluding hydrogens is 212 g/mol. The molecule has 0 aliphatic carbocycles. The fourth-order valence-electron chi connectivity index (χ4n) is 3.33. The van der Waals surface area contributed by atoms with Crippen molar-refractivity contribution in [2.75, 3.05) is 6.61 Å². The van der Waals surface area contributed by atoms with Crippen molar-refractivity contribution in [3.8, 4) is 0 Å². The standard InChI is InChI=1S/C14H32OSi/c1-11(2)7-14(10-15-16,8-12(3)4)9-13(5)6/h11-13H,7-10H2,1-6,16H3.